The van der Waals surface area contributed by atoms with E-state index in [4.69, 9.17) is 10.5 Å². The third kappa shape index (κ3) is 2.92. The molecule has 1 aromatic carbocycles. The predicted octanol–water partition coefficient (Wildman–Crippen LogP) is 2.19. The van der Waals surface area contributed by atoms with Crippen molar-refractivity contribution < 1.29 is 9.66 Å². The fraction of sp³-hybridized carbons (Fsp3) is 0.429. The van der Waals surface area contributed by atoms with Crippen LogP contribution in [0.25, 0.3) is 10.9 Å². The molecule has 2 atom stereocenters. The maximum absolute atomic E-state index is 10.9. The molecule has 0 bridgehead atoms. The van der Waals surface area contributed by atoms with E-state index in [0.717, 1.165) is 25.7 Å². The molecule has 1 saturated carbocycles. The molecule has 1 aliphatic rings. The molecule has 110 valence electrons. The molecule has 0 spiro atoms. The molecule has 2 N–H and O–H groups in total. The highest BCUT2D eigenvalue weighted by Gasteiger charge is 2.22. The van der Waals surface area contributed by atoms with E-state index in [1.54, 1.807) is 6.07 Å². The van der Waals surface area contributed by atoms with Gasteiger partial charge in [0.25, 0.3) is 5.69 Å². The molecule has 3 rings (SSSR count). The Morgan fingerprint density at radius 1 is 1.33 bits per heavy atom. The second-order valence-corrected chi connectivity index (χ2v) is 5.30. The number of ether oxygens (including phenoxy) is 1. The molecule has 0 amide bonds. The number of aromatic nitrogens is 2. The third-order valence-corrected chi connectivity index (χ3v) is 3.74. The molecule has 1 heterocycles. The SMILES string of the molecule is NC1CCCC(Oc2ncnc3ccc([N+](=O)[O-])cc23)C1. The monoisotopic (exact) mass is 288 g/mol. The summed E-state index contributed by atoms with van der Waals surface area (Å²) in [7, 11) is 0. The van der Waals surface area contributed by atoms with Crippen molar-refractivity contribution >= 4 is 16.6 Å². The van der Waals surface area contributed by atoms with E-state index >= 15 is 0 Å². The Morgan fingerprint density at radius 3 is 2.95 bits per heavy atom. The fourth-order valence-electron chi connectivity index (χ4n) is 2.67. The first-order valence-electron chi connectivity index (χ1n) is 6.95. The number of benzene rings is 1. The lowest BCUT2D eigenvalue weighted by Crippen LogP contribution is -2.33. The summed E-state index contributed by atoms with van der Waals surface area (Å²) < 4.78 is 5.92. The van der Waals surface area contributed by atoms with Gasteiger partial charge in [-0.05, 0) is 31.7 Å². The average molecular weight is 288 g/mol. The van der Waals surface area contributed by atoms with Crippen molar-refractivity contribution in [2.24, 2.45) is 5.73 Å². The lowest BCUT2D eigenvalue weighted by atomic mass is 9.93. The summed E-state index contributed by atoms with van der Waals surface area (Å²) in [4.78, 5) is 18.7. The first kappa shape index (κ1) is 13.7. The summed E-state index contributed by atoms with van der Waals surface area (Å²) in [6.45, 7) is 0. The van der Waals surface area contributed by atoms with Gasteiger partial charge in [-0.2, -0.15) is 0 Å². The Labute approximate surface area is 121 Å². The number of nitro groups is 1. The lowest BCUT2D eigenvalue weighted by molar-refractivity contribution is -0.384. The van der Waals surface area contributed by atoms with Crippen molar-refractivity contribution in [3.05, 3.63) is 34.6 Å². The van der Waals surface area contributed by atoms with E-state index in [1.807, 2.05) is 0 Å². The molecule has 7 nitrogen and oxygen atoms in total. The Morgan fingerprint density at radius 2 is 2.19 bits per heavy atom. The highest BCUT2D eigenvalue weighted by Crippen LogP contribution is 2.29. The Hall–Kier alpha value is -2.28. The van der Waals surface area contributed by atoms with Crippen molar-refractivity contribution in [3.8, 4) is 5.88 Å². The van der Waals surface area contributed by atoms with Gasteiger partial charge in [-0.15, -0.1) is 0 Å². The molecule has 0 saturated heterocycles. The molecule has 0 aliphatic heterocycles. The normalized spacial score (nSPS) is 22.1. The molecule has 21 heavy (non-hydrogen) atoms. The number of hydrogen-bond donors (Lipinski definition) is 1. The van der Waals surface area contributed by atoms with Gasteiger partial charge in [-0.25, -0.2) is 9.97 Å². The summed E-state index contributed by atoms with van der Waals surface area (Å²) >= 11 is 0. The smallest absolute Gasteiger partial charge is 0.270 e. The molecule has 0 radical (unpaired) electrons. The van der Waals surface area contributed by atoms with Crippen LogP contribution in [0.2, 0.25) is 0 Å². The topological polar surface area (TPSA) is 104 Å². The average Bonchev–Trinajstić information content (AvgIpc) is 2.47. The van der Waals surface area contributed by atoms with Crippen LogP contribution < -0.4 is 10.5 Å². The van der Waals surface area contributed by atoms with Gasteiger partial charge in [0.2, 0.25) is 5.88 Å². The second-order valence-electron chi connectivity index (χ2n) is 5.30. The molecule has 2 unspecified atom stereocenters. The summed E-state index contributed by atoms with van der Waals surface area (Å²) in [5.74, 6) is 0.391. The minimum atomic E-state index is -0.438. The third-order valence-electron chi connectivity index (χ3n) is 3.74. The summed E-state index contributed by atoms with van der Waals surface area (Å²) in [6.07, 6.45) is 5.15. The van der Waals surface area contributed by atoms with Crippen LogP contribution in [0.3, 0.4) is 0 Å². The fourth-order valence-corrected chi connectivity index (χ4v) is 2.67. The van der Waals surface area contributed by atoms with E-state index in [2.05, 4.69) is 9.97 Å². The number of nitrogens with two attached hydrogens (primary N) is 1. The number of non-ortho nitro benzene ring substituents is 1. The van der Waals surface area contributed by atoms with Gasteiger partial charge >= 0.3 is 0 Å². The van der Waals surface area contributed by atoms with Crippen LogP contribution in [-0.2, 0) is 0 Å². The van der Waals surface area contributed by atoms with Crippen LogP contribution in [0.1, 0.15) is 25.7 Å². The van der Waals surface area contributed by atoms with Crippen molar-refractivity contribution in [2.45, 2.75) is 37.8 Å². The number of nitro benzene ring substituents is 1. The minimum Gasteiger partial charge on any atom is -0.474 e. The number of rotatable bonds is 3. The molecule has 1 aromatic heterocycles. The van der Waals surface area contributed by atoms with Gasteiger partial charge < -0.3 is 10.5 Å². The van der Waals surface area contributed by atoms with Gasteiger partial charge in [0, 0.05) is 18.2 Å². The van der Waals surface area contributed by atoms with Crippen LogP contribution in [0.15, 0.2) is 24.5 Å². The highest BCUT2D eigenvalue weighted by molar-refractivity contribution is 5.85. The molecule has 2 aromatic rings. The number of fused-ring (bicyclic) bond motifs is 1. The quantitative estimate of drug-likeness (QED) is 0.685. The Kier molecular flexibility index (Phi) is 3.66. The first-order chi connectivity index (χ1) is 10.1. The second kappa shape index (κ2) is 5.61. The van der Waals surface area contributed by atoms with Crippen LogP contribution >= 0.6 is 0 Å². The Balaban J connectivity index is 1.93. The van der Waals surface area contributed by atoms with E-state index in [9.17, 15) is 10.1 Å². The van der Waals surface area contributed by atoms with Crippen LogP contribution in [-0.4, -0.2) is 27.0 Å². The van der Waals surface area contributed by atoms with Gasteiger partial charge in [-0.3, -0.25) is 10.1 Å². The first-order valence-corrected chi connectivity index (χ1v) is 6.95. The lowest BCUT2D eigenvalue weighted by Gasteiger charge is -2.27. The molecular weight excluding hydrogens is 272 g/mol. The zero-order chi connectivity index (χ0) is 14.8. The van der Waals surface area contributed by atoms with E-state index in [0.29, 0.717) is 16.8 Å². The van der Waals surface area contributed by atoms with Crippen LogP contribution in [0, 0.1) is 10.1 Å². The van der Waals surface area contributed by atoms with Gasteiger partial charge in [0.05, 0.1) is 15.8 Å². The van der Waals surface area contributed by atoms with Crippen LogP contribution in [0.5, 0.6) is 5.88 Å². The maximum Gasteiger partial charge on any atom is 0.270 e. The highest BCUT2D eigenvalue weighted by atomic mass is 16.6. The summed E-state index contributed by atoms with van der Waals surface area (Å²) in [6, 6.07) is 4.63. The van der Waals surface area contributed by atoms with Crippen molar-refractivity contribution in [3.63, 3.8) is 0 Å². The van der Waals surface area contributed by atoms with Crippen molar-refractivity contribution in [1.29, 1.82) is 0 Å². The van der Waals surface area contributed by atoms with Crippen molar-refractivity contribution in [1.82, 2.24) is 9.97 Å². The summed E-state index contributed by atoms with van der Waals surface area (Å²) in [5.41, 5.74) is 6.59. The minimum absolute atomic E-state index is 0.00231. The van der Waals surface area contributed by atoms with Gasteiger partial charge in [0.15, 0.2) is 0 Å². The Bertz CT molecular complexity index is 676. The van der Waals surface area contributed by atoms with E-state index in [1.165, 1.54) is 18.5 Å². The zero-order valence-corrected chi connectivity index (χ0v) is 11.4. The molecule has 1 aliphatic carbocycles. The van der Waals surface area contributed by atoms with Gasteiger partial charge in [0.1, 0.15) is 12.4 Å². The number of hydrogen-bond acceptors (Lipinski definition) is 6. The molecular formula is C14H16N4O3. The van der Waals surface area contributed by atoms with E-state index in [-0.39, 0.29) is 17.8 Å². The maximum atomic E-state index is 10.9. The largest absolute Gasteiger partial charge is 0.474 e. The molecule has 1 fully saturated rings. The zero-order valence-electron chi connectivity index (χ0n) is 11.4. The predicted molar refractivity (Wildman–Crippen MR) is 77.1 cm³/mol. The molecule has 7 heteroatoms. The standard InChI is InChI=1S/C14H16N4O3/c15-9-2-1-3-11(6-9)21-14-12-7-10(18(19)20)4-5-13(12)16-8-17-14/h4-5,7-9,11H,1-3,6,15H2. The van der Waals surface area contributed by atoms with E-state index < -0.39 is 4.92 Å². The van der Waals surface area contributed by atoms with Crippen LogP contribution in [0.4, 0.5) is 5.69 Å². The van der Waals surface area contributed by atoms with Crippen molar-refractivity contribution in [2.75, 3.05) is 0 Å². The summed E-state index contributed by atoms with van der Waals surface area (Å²) in [5, 5.41) is 11.5. The number of nitrogens with zero attached hydrogens (tertiary/aromatic N) is 3. The van der Waals surface area contributed by atoms with Gasteiger partial charge in [-0.1, -0.05) is 0 Å².